The Kier molecular flexibility index (Phi) is 29.7. The maximum atomic E-state index is 11.7. The third kappa shape index (κ3) is 27.6. The molecule has 302 valence electrons. The van der Waals surface area contributed by atoms with Gasteiger partial charge in [0.05, 0.1) is 24.6 Å². The molecule has 1 saturated heterocycles. The van der Waals surface area contributed by atoms with Crippen molar-refractivity contribution in [3.63, 3.8) is 0 Å². The third-order valence-electron chi connectivity index (χ3n) is 8.22. The van der Waals surface area contributed by atoms with Crippen LogP contribution < -0.4 is 0 Å². The van der Waals surface area contributed by atoms with E-state index in [0.29, 0.717) is 39.3 Å². The Hall–Kier alpha value is -5.07. The van der Waals surface area contributed by atoms with E-state index in [4.69, 9.17) is 28.8 Å². The van der Waals surface area contributed by atoms with Crippen LogP contribution in [0, 0.1) is 10.1 Å². The fourth-order valence-corrected chi connectivity index (χ4v) is 5.41. The van der Waals surface area contributed by atoms with Crippen molar-refractivity contribution < 1.29 is 63.4 Å². The van der Waals surface area contributed by atoms with Crippen molar-refractivity contribution in [2.75, 3.05) is 113 Å². The summed E-state index contributed by atoms with van der Waals surface area (Å²) in [5.74, 6) is -3.06. The highest BCUT2D eigenvalue weighted by atomic mass is 16.6. The second kappa shape index (κ2) is 31.5. The van der Waals surface area contributed by atoms with Gasteiger partial charge in [-0.25, -0.2) is 0 Å². The van der Waals surface area contributed by atoms with E-state index in [1.807, 2.05) is 17.0 Å². The summed E-state index contributed by atoms with van der Waals surface area (Å²) in [4.78, 5) is 106. The number of aliphatic carboxylic acids is 3. The zero-order valence-electron chi connectivity index (χ0n) is 30.9. The van der Waals surface area contributed by atoms with Gasteiger partial charge >= 0.3 is 36.4 Å². The lowest BCUT2D eigenvalue weighted by molar-refractivity contribution is -0.384. The highest BCUT2D eigenvalue weighted by Crippen LogP contribution is 2.15. The van der Waals surface area contributed by atoms with Crippen molar-refractivity contribution in [3.8, 4) is 0 Å². The monoisotopic (exact) mass is 769 g/mol. The largest absolute Gasteiger partial charge is 0.480 e. The predicted octanol–water partition coefficient (Wildman–Crippen LogP) is -1.50. The number of benzene rings is 1. The van der Waals surface area contributed by atoms with Crippen molar-refractivity contribution >= 4 is 42.0 Å². The van der Waals surface area contributed by atoms with E-state index in [1.54, 1.807) is 12.1 Å². The molecule has 54 heavy (non-hydrogen) atoms. The number of nitro benzene ring substituents is 1. The topological polar surface area (TPSA) is 277 Å². The van der Waals surface area contributed by atoms with Gasteiger partial charge in [0, 0.05) is 90.2 Å². The van der Waals surface area contributed by atoms with E-state index in [2.05, 4.69) is 40.7 Å². The quantitative estimate of drug-likeness (QED) is 0.120. The number of hydrogen-bond acceptors (Lipinski definition) is 17. The van der Waals surface area contributed by atoms with E-state index in [9.17, 15) is 39.8 Å². The number of nitrogens with zero attached hydrogens (tertiary/aromatic N) is 7. The van der Waals surface area contributed by atoms with Crippen LogP contribution in [0.3, 0.4) is 0 Å². The second-order valence-corrected chi connectivity index (χ2v) is 12.3. The van der Waals surface area contributed by atoms with Crippen LogP contribution in [0.2, 0.25) is 0 Å². The Balaban J connectivity index is 0. The molecule has 1 aromatic rings. The van der Waals surface area contributed by atoms with Gasteiger partial charge in [-0.15, -0.1) is 0 Å². The molecule has 0 spiro atoms. The van der Waals surface area contributed by atoms with E-state index < -0.39 is 22.8 Å². The molecule has 0 amide bonds. The predicted molar refractivity (Wildman–Crippen MR) is 185 cm³/mol. The normalized spacial score (nSPS) is 15.1. The summed E-state index contributed by atoms with van der Waals surface area (Å²) in [5.41, 5.74) is 1.16. The van der Waals surface area contributed by atoms with Gasteiger partial charge in [0.2, 0.25) is 0 Å². The molecule has 1 heterocycles. The molecule has 1 aliphatic heterocycles. The average molecular weight is 770 g/mol. The van der Waals surface area contributed by atoms with Gasteiger partial charge in [-0.1, -0.05) is 12.1 Å². The number of non-ortho nitro benzene ring substituents is 1. The Morgan fingerprint density at radius 2 is 1.20 bits per heavy atom. The molecular formula is C33H51N7O14. The molecule has 0 aromatic heterocycles. The van der Waals surface area contributed by atoms with Crippen molar-refractivity contribution in [2.24, 2.45) is 0 Å². The number of hydrogen-bond donors (Lipinski definition) is 3. The molecule has 21 nitrogen and oxygen atoms in total. The number of carboxylic acids is 3. The molecule has 1 unspecified atom stereocenters. The number of carboxylic acid groups (broad SMARTS) is 3. The third-order valence-corrected chi connectivity index (χ3v) is 8.22. The molecule has 1 atom stereocenters. The SMILES string of the molecule is CN1CCN(CCN(CC(=O)O)CC(=O)O)CCN(CC(=O)O)CCN(CC(CCCc2ccc([N+](=O)[O-])cc2)N(C)C)CC1.O=C=O.O=C=O.O=C=O. The van der Waals surface area contributed by atoms with Gasteiger partial charge < -0.3 is 25.1 Å². The summed E-state index contributed by atoms with van der Waals surface area (Å²) in [6.07, 6.45) is 3.47. The van der Waals surface area contributed by atoms with Crippen LogP contribution >= 0.6 is 0 Å². The van der Waals surface area contributed by atoms with Crippen LogP contribution in [0.15, 0.2) is 24.3 Å². The van der Waals surface area contributed by atoms with Gasteiger partial charge in [0.1, 0.15) is 0 Å². The van der Waals surface area contributed by atoms with Crippen LogP contribution in [0.5, 0.6) is 0 Å². The average Bonchev–Trinajstić information content (AvgIpc) is 3.08. The van der Waals surface area contributed by atoms with E-state index in [1.165, 1.54) is 4.90 Å². The minimum atomic E-state index is -1.08. The summed E-state index contributed by atoms with van der Waals surface area (Å²) in [6.45, 7) is 6.27. The molecule has 0 aliphatic carbocycles. The van der Waals surface area contributed by atoms with Gasteiger partial charge in [-0.05, 0) is 46.0 Å². The van der Waals surface area contributed by atoms with Gasteiger partial charge in [-0.3, -0.25) is 44.1 Å². The number of nitro groups is 1. The molecule has 1 aliphatic rings. The van der Waals surface area contributed by atoms with Crippen molar-refractivity contribution in [1.82, 2.24) is 29.4 Å². The Morgan fingerprint density at radius 3 is 1.65 bits per heavy atom. The van der Waals surface area contributed by atoms with Crippen molar-refractivity contribution in [1.29, 1.82) is 0 Å². The molecule has 1 fully saturated rings. The van der Waals surface area contributed by atoms with E-state index in [0.717, 1.165) is 51.0 Å². The summed E-state index contributed by atoms with van der Waals surface area (Å²) >= 11 is 0. The minimum Gasteiger partial charge on any atom is -0.480 e. The zero-order valence-corrected chi connectivity index (χ0v) is 30.9. The fraction of sp³-hybridized carbons (Fsp3) is 0.636. The first kappa shape index (κ1) is 51.0. The van der Waals surface area contributed by atoms with Crippen LogP contribution in [-0.4, -0.2) is 205 Å². The van der Waals surface area contributed by atoms with Crippen LogP contribution in [0.25, 0.3) is 0 Å². The molecular weight excluding hydrogens is 718 g/mol. The maximum Gasteiger partial charge on any atom is 0.373 e. The Bertz CT molecular complexity index is 1300. The maximum absolute atomic E-state index is 11.7. The first-order valence-electron chi connectivity index (χ1n) is 16.7. The van der Waals surface area contributed by atoms with Crippen LogP contribution in [0.4, 0.5) is 5.69 Å². The lowest BCUT2D eigenvalue weighted by Gasteiger charge is -2.36. The zero-order chi connectivity index (χ0) is 41.5. The lowest BCUT2D eigenvalue weighted by Crippen LogP contribution is -2.49. The van der Waals surface area contributed by atoms with E-state index in [-0.39, 0.29) is 56.4 Å². The first-order chi connectivity index (χ1) is 25.6. The summed E-state index contributed by atoms with van der Waals surface area (Å²) in [7, 11) is 6.20. The fourth-order valence-electron chi connectivity index (χ4n) is 5.41. The summed E-state index contributed by atoms with van der Waals surface area (Å²) in [6, 6.07) is 7.00. The van der Waals surface area contributed by atoms with Crippen molar-refractivity contribution in [2.45, 2.75) is 25.3 Å². The molecule has 0 bridgehead atoms. The molecule has 21 heteroatoms. The number of carbonyl (C=O) groups excluding carboxylic acids is 6. The molecule has 0 saturated carbocycles. The minimum absolute atomic E-state index is 0.0852. The van der Waals surface area contributed by atoms with Crippen LogP contribution in [0.1, 0.15) is 18.4 Å². The number of carbonyl (C=O) groups is 3. The van der Waals surface area contributed by atoms with Gasteiger partial charge in [0.15, 0.2) is 0 Å². The first-order valence-corrected chi connectivity index (χ1v) is 16.7. The summed E-state index contributed by atoms with van der Waals surface area (Å²) < 4.78 is 0. The highest BCUT2D eigenvalue weighted by molar-refractivity contribution is 5.72. The standard InChI is InChI=1S/C30H51N7O8.3CO2/c1-31(2)27(6-4-5-25-7-9-26(10-8-25)37(44)45)21-34-14-12-32(3)11-13-33(15-17-35(19-18-34)22-28(38)39)16-20-36(23-29(40)41)24-30(42)43;3*2-1-3/h7-10,27H,4-6,11-24H2,1-3H3,(H,38,39)(H,40,41)(H,42,43);;;. The molecule has 0 radical (unpaired) electrons. The highest BCUT2D eigenvalue weighted by Gasteiger charge is 2.21. The smallest absolute Gasteiger partial charge is 0.373 e. The van der Waals surface area contributed by atoms with Gasteiger partial charge in [0.25, 0.3) is 5.69 Å². The Labute approximate surface area is 312 Å². The van der Waals surface area contributed by atoms with Gasteiger partial charge in [-0.2, -0.15) is 28.8 Å². The van der Waals surface area contributed by atoms with Crippen LogP contribution in [-0.2, 0) is 49.6 Å². The Morgan fingerprint density at radius 1 is 0.759 bits per heavy atom. The molecule has 2 rings (SSSR count). The summed E-state index contributed by atoms with van der Waals surface area (Å²) in [5, 5.41) is 38.9. The number of likely N-dealkylation sites (N-methyl/N-ethyl adjacent to an activating group) is 2. The molecule has 1 aromatic carbocycles. The number of rotatable bonds is 17. The van der Waals surface area contributed by atoms with E-state index >= 15 is 0 Å². The van der Waals surface area contributed by atoms with Crippen molar-refractivity contribution in [3.05, 3.63) is 39.9 Å². The second-order valence-electron chi connectivity index (χ2n) is 12.3. The lowest BCUT2D eigenvalue weighted by atomic mass is 10.0. The molecule has 3 N–H and O–H groups in total. The number of aryl methyl sites for hydroxylation is 1.